The number of benzene rings is 1. The summed E-state index contributed by atoms with van der Waals surface area (Å²) in [6.07, 6.45) is 4.50. The Bertz CT molecular complexity index is 475. The number of carbonyl (C=O) groups excluding carboxylic acids is 1. The van der Waals surface area contributed by atoms with E-state index in [1.165, 1.54) is 18.9 Å². The van der Waals surface area contributed by atoms with Gasteiger partial charge in [0.25, 0.3) is 0 Å². The second kappa shape index (κ2) is 7.18. The van der Waals surface area contributed by atoms with Crippen LogP contribution in [-0.2, 0) is 9.53 Å². The van der Waals surface area contributed by atoms with E-state index in [1.54, 1.807) is 19.1 Å². The summed E-state index contributed by atoms with van der Waals surface area (Å²) in [5, 5.41) is 3.35. The smallest absolute Gasteiger partial charge is 0.327 e. The third-order valence-corrected chi connectivity index (χ3v) is 4.16. The van der Waals surface area contributed by atoms with E-state index in [0.29, 0.717) is 17.1 Å². The van der Waals surface area contributed by atoms with Crippen LogP contribution in [0.15, 0.2) is 22.7 Å². The molecule has 0 spiro atoms. The number of hydrogen-bond donors (Lipinski definition) is 1. The predicted octanol–water partition coefficient (Wildman–Crippen LogP) is 3.72. The lowest BCUT2D eigenvalue weighted by Gasteiger charge is -2.22. The summed E-state index contributed by atoms with van der Waals surface area (Å²) >= 11 is 3.16. The van der Waals surface area contributed by atoms with Crippen LogP contribution in [0.1, 0.15) is 44.2 Å². The summed E-state index contributed by atoms with van der Waals surface area (Å²) in [6.45, 7) is 2.12. The van der Waals surface area contributed by atoms with E-state index in [0.717, 1.165) is 18.4 Å². The number of hydrogen-bond acceptors (Lipinski definition) is 3. The molecule has 5 heteroatoms. The van der Waals surface area contributed by atoms with Gasteiger partial charge < -0.3 is 4.74 Å². The molecule has 0 heterocycles. The summed E-state index contributed by atoms with van der Waals surface area (Å²) in [6, 6.07) is 4.42. The molecule has 0 aromatic heterocycles. The third kappa shape index (κ3) is 3.79. The van der Waals surface area contributed by atoms with Gasteiger partial charge >= 0.3 is 5.97 Å². The van der Waals surface area contributed by atoms with E-state index in [2.05, 4.69) is 21.2 Å². The maximum atomic E-state index is 13.3. The molecule has 1 atom stereocenters. The first-order valence-corrected chi connectivity index (χ1v) is 7.78. The molecule has 3 nitrogen and oxygen atoms in total. The van der Waals surface area contributed by atoms with Crippen molar-refractivity contribution in [3.05, 3.63) is 34.1 Å². The van der Waals surface area contributed by atoms with E-state index in [-0.39, 0.29) is 11.8 Å². The van der Waals surface area contributed by atoms with Gasteiger partial charge in [0.05, 0.1) is 11.1 Å². The largest absolute Gasteiger partial charge is 0.465 e. The maximum absolute atomic E-state index is 13.3. The molecule has 1 aromatic rings. The quantitative estimate of drug-likeness (QED) is 0.828. The predicted molar refractivity (Wildman–Crippen MR) is 78.9 cm³/mol. The number of carbonyl (C=O) groups is 1. The van der Waals surface area contributed by atoms with E-state index < -0.39 is 6.04 Å². The Labute approximate surface area is 127 Å². The van der Waals surface area contributed by atoms with Crippen LogP contribution >= 0.6 is 15.9 Å². The average Bonchev–Trinajstić information content (AvgIpc) is 2.92. The Hall–Kier alpha value is -0.940. The zero-order valence-corrected chi connectivity index (χ0v) is 13.1. The van der Waals surface area contributed by atoms with Crippen LogP contribution in [0.25, 0.3) is 0 Å². The lowest BCUT2D eigenvalue weighted by atomic mass is 10.1. The van der Waals surface area contributed by atoms with Crippen molar-refractivity contribution < 1.29 is 13.9 Å². The normalized spacial score (nSPS) is 17.1. The molecule has 1 saturated carbocycles. The monoisotopic (exact) mass is 343 g/mol. The van der Waals surface area contributed by atoms with Gasteiger partial charge in [-0.15, -0.1) is 0 Å². The fourth-order valence-electron chi connectivity index (χ4n) is 2.55. The Morgan fingerprint density at radius 2 is 2.20 bits per heavy atom. The highest BCUT2D eigenvalue weighted by Crippen LogP contribution is 2.26. The minimum atomic E-state index is -0.532. The van der Waals surface area contributed by atoms with Gasteiger partial charge in [0, 0.05) is 6.04 Å². The van der Waals surface area contributed by atoms with Crippen LogP contribution in [0.5, 0.6) is 0 Å². The first-order valence-electron chi connectivity index (χ1n) is 6.99. The highest BCUT2D eigenvalue weighted by molar-refractivity contribution is 9.10. The molecule has 1 fully saturated rings. The third-order valence-electron chi connectivity index (χ3n) is 3.56. The van der Waals surface area contributed by atoms with Crippen molar-refractivity contribution in [1.29, 1.82) is 0 Å². The zero-order valence-electron chi connectivity index (χ0n) is 11.5. The van der Waals surface area contributed by atoms with Gasteiger partial charge in [0.1, 0.15) is 11.9 Å². The van der Waals surface area contributed by atoms with Crippen LogP contribution in [0.2, 0.25) is 0 Å². The van der Waals surface area contributed by atoms with Crippen molar-refractivity contribution >= 4 is 21.9 Å². The van der Waals surface area contributed by atoms with Crippen LogP contribution in [0, 0.1) is 5.82 Å². The highest BCUT2D eigenvalue weighted by Gasteiger charge is 2.27. The van der Waals surface area contributed by atoms with Crippen LogP contribution in [0.3, 0.4) is 0 Å². The van der Waals surface area contributed by atoms with Crippen molar-refractivity contribution in [1.82, 2.24) is 5.32 Å². The molecule has 0 amide bonds. The molecule has 1 aliphatic carbocycles. The number of rotatable bonds is 5. The molecule has 110 valence electrons. The van der Waals surface area contributed by atoms with Gasteiger partial charge in [-0.1, -0.05) is 18.9 Å². The molecule has 0 aliphatic heterocycles. The van der Waals surface area contributed by atoms with E-state index >= 15 is 0 Å². The van der Waals surface area contributed by atoms with Crippen molar-refractivity contribution in [3.8, 4) is 0 Å². The minimum absolute atomic E-state index is 0.307. The molecular formula is C15H19BrFNO2. The zero-order chi connectivity index (χ0) is 14.5. The minimum Gasteiger partial charge on any atom is -0.465 e. The highest BCUT2D eigenvalue weighted by atomic mass is 79.9. The Morgan fingerprint density at radius 1 is 1.50 bits per heavy atom. The summed E-state index contributed by atoms with van der Waals surface area (Å²) in [5.41, 5.74) is 0.726. The van der Waals surface area contributed by atoms with Crippen molar-refractivity contribution in [3.63, 3.8) is 0 Å². The lowest BCUT2D eigenvalue weighted by Crippen LogP contribution is -2.36. The molecule has 2 rings (SSSR count). The maximum Gasteiger partial charge on any atom is 0.327 e. The Kier molecular flexibility index (Phi) is 5.54. The molecule has 1 unspecified atom stereocenters. The summed E-state index contributed by atoms with van der Waals surface area (Å²) in [7, 11) is 0. The van der Waals surface area contributed by atoms with Gasteiger partial charge in [-0.2, -0.15) is 0 Å². The van der Waals surface area contributed by atoms with Crippen LogP contribution in [0.4, 0.5) is 4.39 Å². The molecule has 1 aliphatic rings. The number of halogens is 2. The van der Waals surface area contributed by atoms with Gasteiger partial charge in [0.15, 0.2) is 0 Å². The van der Waals surface area contributed by atoms with Gasteiger partial charge in [-0.05, 0) is 53.4 Å². The fraction of sp³-hybridized carbons (Fsp3) is 0.533. The number of ether oxygens (including phenoxy) is 1. The summed E-state index contributed by atoms with van der Waals surface area (Å²) in [5.74, 6) is -0.643. The van der Waals surface area contributed by atoms with Crippen LogP contribution in [-0.4, -0.2) is 18.6 Å². The average molecular weight is 344 g/mol. The molecule has 1 aromatic carbocycles. The first-order chi connectivity index (χ1) is 9.61. The van der Waals surface area contributed by atoms with E-state index in [9.17, 15) is 9.18 Å². The number of nitrogens with one attached hydrogen (secondary N) is 1. The summed E-state index contributed by atoms with van der Waals surface area (Å²) in [4.78, 5) is 12.1. The van der Waals surface area contributed by atoms with Crippen molar-refractivity contribution in [2.45, 2.75) is 44.7 Å². The topological polar surface area (TPSA) is 38.3 Å². The molecule has 0 radical (unpaired) electrons. The molecule has 20 heavy (non-hydrogen) atoms. The van der Waals surface area contributed by atoms with Crippen molar-refractivity contribution in [2.24, 2.45) is 0 Å². The standard InChI is InChI=1S/C15H19BrFNO2/c1-2-20-15(19)14(18-11-5-3-4-6-11)10-7-8-13(17)12(16)9-10/h7-9,11,14,18H,2-6H2,1H3. The molecule has 0 saturated heterocycles. The second-order valence-corrected chi connectivity index (χ2v) is 5.86. The SMILES string of the molecule is CCOC(=O)C(NC1CCCC1)c1ccc(F)c(Br)c1. The van der Waals surface area contributed by atoms with E-state index in [1.807, 2.05) is 0 Å². The summed E-state index contributed by atoms with van der Waals surface area (Å²) < 4.78 is 18.8. The van der Waals surface area contributed by atoms with Gasteiger partial charge in [0.2, 0.25) is 0 Å². The van der Waals surface area contributed by atoms with Crippen LogP contribution < -0.4 is 5.32 Å². The first kappa shape index (κ1) is 15.4. The Morgan fingerprint density at radius 3 is 2.80 bits per heavy atom. The molecule has 0 bridgehead atoms. The lowest BCUT2D eigenvalue weighted by molar-refractivity contribution is -0.146. The fourth-order valence-corrected chi connectivity index (χ4v) is 2.94. The molecular weight excluding hydrogens is 325 g/mol. The van der Waals surface area contributed by atoms with Crippen molar-refractivity contribution in [2.75, 3.05) is 6.61 Å². The van der Waals surface area contributed by atoms with Gasteiger partial charge in [-0.3, -0.25) is 5.32 Å². The second-order valence-electron chi connectivity index (χ2n) is 5.01. The van der Waals surface area contributed by atoms with E-state index in [4.69, 9.17) is 4.74 Å². The molecule has 1 N–H and O–H groups in total. The number of esters is 1. The van der Waals surface area contributed by atoms with Gasteiger partial charge in [-0.25, -0.2) is 9.18 Å². The Balaban J connectivity index is 2.19.